The normalized spacial score (nSPS) is 10.8. The van der Waals surface area contributed by atoms with Gasteiger partial charge in [-0.1, -0.05) is 0 Å². The number of hydrogen-bond acceptors (Lipinski definition) is 7. The monoisotopic (exact) mass is 346 g/mol. The highest BCUT2D eigenvalue weighted by Gasteiger charge is 2.13. The van der Waals surface area contributed by atoms with Crippen molar-refractivity contribution in [3.63, 3.8) is 0 Å². The van der Waals surface area contributed by atoms with E-state index in [1.54, 1.807) is 22.0 Å². The average Bonchev–Trinajstić information content (AvgIpc) is 3.13. The molecular weight excluding hydrogens is 328 g/mol. The summed E-state index contributed by atoms with van der Waals surface area (Å²) in [7, 11) is 1.52. The highest BCUT2D eigenvalue weighted by atomic mass is 32.1. The molecule has 0 bridgehead atoms. The Morgan fingerprint density at radius 3 is 2.92 bits per heavy atom. The van der Waals surface area contributed by atoms with E-state index < -0.39 is 6.09 Å². The average molecular weight is 346 g/mol. The summed E-state index contributed by atoms with van der Waals surface area (Å²) in [6, 6.07) is 3.73. The fraction of sp³-hybridized carbons (Fsp3) is 0.333. The molecule has 0 fully saturated rings. The van der Waals surface area contributed by atoms with Gasteiger partial charge in [0.1, 0.15) is 18.1 Å². The predicted octanol–water partition coefficient (Wildman–Crippen LogP) is 2.24. The van der Waals surface area contributed by atoms with Crippen LogP contribution in [0.2, 0.25) is 0 Å². The van der Waals surface area contributed by atoms with Gasteiger partial charge in [0, 0.05) is 7.05 Å². The van der Waals surface area contributed by atoms with Gasteiger partial charge in [0.15, 0.2) is 5.65 Å². The number of nitrogens with zero attached hydrogens (tertiary/aromatic N) is 4. The summed E-state index contributed by atoms with van der Waals surface area (Å²) in [5, 5.41) is 11.1. The molecule has 0 radical (unpaired) electrons. The molecule has 0 unspecified atom stereocenters. The van der Waals surface area contributed by atoms with Gasteiger partial charge >= 0.3 is 6.09 Å². The number of anilines is 1. The number of imidazole rings is 1. The maximum absolute atomic E-state index is 11.0. The SMILES string of the molecule is CNC(=O)OCCNc1ccc2ncc(-c3sc(C)nc3C)n2n1. The standard InChI is InChI=1S/C15H18N6O2S/c1-9-14(24-10(2)19-9)11-8-18-13-5-4-12(20-21(11)13)17-6-7-23-15(22)16-3/h4-5,8H,6-7H2,1-3H3,(H,16,22)(H,17,20). The number of aryl methyl sites for hydroxylation is 2. The number of carbonyl (C=O) groups excluding carboxylic acids is 1. The van der Waals surface area contributed by atoms with E-state index in [2.05, 4.69) is 25.7 Å². The number of fused-ring (bicyclic) bond motifs is 1. The molecule has 24 heavy (non-hydrogen) atoms. The maximum Gasteiger partial charge on any atom is 0.406 e. The lowest BCUT2D eigenvalue weighted by Gasteiger charge is -2.07. The van der Waals surface area contributed by atoms with Gasteiger partial charge in [0.05, 0.1) is 28.3 Å². The third-order valence-corrected chi connectivity index (χ3v) is 4.44. The molecule has 0 aromatic carbocycles. The van der Waals surface area contributed by atoms with Crippen molar-refractivity contribution in [2.75, 3.05) is 25.5 Å². The molecule has 9 heteroatoms. The second-order valence-electron chi connectivity index (χ2n) is 5.09. The Bertz CT molecular complexity index is 872. The van der Waals surface area contributed by atoms with Crippen molar-refractivity contribution >= 4 is 28.9 Å². The summed E-state index contributed by atoms with van der Waals surface area (Å²) in [5.74, 6) is 0.682. The zero-order valence-electron chi connectivity index (χ0n) is 13.7. The summed E-state index contributed by atoms with van der Waals surface area (Å²) in [5.41, 5.74) is 2.65. The molecule has 0 aliphatic rings. The number of carbonyl (C=O) groups is 1. The first-order valence-corrected chi connectivity index (χ1v) is 8.27. The van der Waals surface area contributed by atoms with Gasteiger partial charge in [-0.05, 0) is 26.0 Å². The van der Waals surface area contributed by atoms with Crippen LogP contribution in [0.25, 0.3) is 16.2 Å². The summed E-state index contributed by atoms with van der Waals surface area (Å²) in [6.45, 7) is 4.69. The van der Waals surface area contributed by atoms with Crippen LogP contribution in [0.3, 0.4) is 0 Å². The molecule has 3 rings (SSSR count). The summed E-state index contributed by atoms with van der Waals surface area (Å²) in [6.07, 6.45) is 1.36. The minimum atomic E-state index is -0.451. The van der Waals surface area contributed by atoms with Gasteiger partial charge in [0.2, 0.25) is 0 Å². The molecule has 0 aliphatic carbocycles. The van der Waals surface area contributed by atoms with Crippen LogP contribution in [0.15, 0.2) is 18.3 Å². The molecule has 1 amide bonds. The van der Waals surface area contributed by atoms with E-state index in [0.717, 1.165) is 26.9 Å². The maximum atomic E-state index is 11.0. The lowest BCUT2D eigenvalue weighted by atomic mass is 10.3. The van der Waals surface area contributed by atoms with E-state index in [4.69, 9.17) is 4.74 Å². The second-order valence-corrected chi connectivity index (χ2v) is 6.30. The third-order valence-electron chi connectivity index (χ3n) is 3.34. The molecule has 3 aromatic heterocycles. The van der Waals surface area contributed by atoms with Crippen LogP contribution in [-0.4, -0.2) is 45.9 Å². The van der Waals surface area contributed by atoms with Gasteiger partial charge in [-0.25, -0.2) is 19.3 Å². The number of amides is 1. The highest BCUT2D eigenvalue weighted by Crippen LogP contribution is 2.29. The summed E-state index contributed by atoms with van der Waals surface area (Å²) >= 11 is 1.62. The molecule has 2 N–H and O–H groups in total. The van der Waals surface area contributed by atoms with Crippen LogP contribution in [0.5, 0.6) is 0 Å². The fourth-order valence-electron chi connectivity index (χ4n) is 2.29. The van der Waals surface area contributed by atoms with E-state index in [9.17, 15) is 4.79 Å². The van der Waals surface area contributed by atoms with Crippen molar-refractivity contribution in [1.29, 1.82) is 0 Å². The molecule has 0 atom stereocenters. The van der Waals surface area contributed by atoms with Crippen molar-refractivity contribution in [2.45, 2.75) is 13.8 Å². The molecular formula is C15H18N6O2S. The van der Waals surface area contributed by atoms with Gasteiger partial charge < -0.3 is 15.4 Å². The van der Waals surface area contributed by atoms with Gasteiger partial charge in [0.25, 0.3) is 0 Å². The smallest absolute Gasteiger partial charge is 0.406 e. The first kappa shape index (κ1) is 16.2. The van der Waals surface area contributed by atoms with Crippen LogP contribution in [0, 0.1) is 13.8 Å². The zero-order chi connectivity index (χ0) is 17.1. The van der Waals surface area contributed by atoms with Crippen molar-refractivity contribution in [2.24, 2.45) is 0 Å². The largest absolute Gasteiger partial charge is 0.448 e. The molecule has 0 aliphatic heterocycles. The van der Waals surface area contributed by atoms with Gasteiger partial charge in [-0.3, -0.25) is 0 Å². The highest BCUT2D eigenvalue weighted by molar-refractivity contribution is 7.15. The Balaban J connectivity index is 1.79. The Morgan fingerprint density at radius 2 is 2.21 bits per heavy atom. The molecule has 3 aromatic rings. The zero-order valence-corrected chi connectivity index (χ0v) is 14.5. The summed E-state index contributed by atoms with van der Waals surface area (Å²) in [4.78, 5) is 20.9. The lowest BCUT2D eigenvalue weighted by molar-refractivity contribution is 0.153. The number of aromatic nitrogens is 4. The Morgan fingerprint density at radius 1 is 1.38 bits per heavy atom. The van der Waals surface area contributed by atoms with E-state index in [-0.39, 0.29) is 6.61 Å². The van der Waals surface area contributed by atoms with Crippen molar-refractivity contribution < 1.29 is 9.53 Å². The topological polar surface area (TPSA) is 93.4 Å². The van der Waals surface area contributed by atoms with Crippen molar-refractivity contribution in [1.82, 2.24) is 24.9 Å². The van der Waals surface area contributed by atoms with Crippen LogP contribution >= 0.6 is 11.3 Å². The number of hydrogen-bond donors (Lipinski definition) is 2. The second kappa shape index (κ2) is 6.83. The van der Waals surface area contributed by atoms with Gasteiger partial charge in [-0.15, -0.1) is 16.4 Å². The quantitative estimate of drug-likeness (QED) is 0.688. The molecule has 8 nitrogen and oxygen atoms in total. The predicted molar refractivity (Wildman–Crippen MR) is 92.5 cm³/mol. The molecule has 0 saturated carbocycles. The Kier molecular flexibility index (Phi) is 4.61. The Hall–Kier alpha value is -2.68. The molecule has 3 heterocycles. The number of thiazole rings is 1. The first-order valence-electron chi connectivity index (χ1n) is 7.46. The molecule has 126 valence electrons. The van der Waals surface area contributed by atoms with E-state index in [0.29, 0.717) is 12.4 Å². The van der Waals surface area contributed by atoms with Crippen molar-refractivity contribution in [3.05, 3.63) is 29.0 Å². The number of rotatable bonds is 5. The minimum absolute atomic E-state index is 0.253. The fourth-order valence-corrected chi connectivity index (χ4v) is 3.20. The van der Waals surface area contributed by atoms with Crippen LogP contribution in [0.4, 0.5) is 10.6 Å². The molecule has 0 saturated heterocycles. The lowest BCUT2D eigenvalue weighted by Crippen LogP contribution is -2.22. The summed E-state index contributed by atoms with van der Waals surface area (Å²) < 4.78 is 6.72. The first-order chi connectivity index (χ1) is 11.6. The van der Waals surface area contributed by atoms with E-state index >= 15 is 0 Å². The Labute approximate surface area is 142 Å². The third kappa shape index (κ3) is 3.30. The molecule has 0 spiro atoms. The van der Waals surface area contributed by atoms with Gasteiger partial charge in [-0.2, -0.15) is 0 Å². The van der Waals surface area contributed by atoms with Crippen molar-refractivity contribution in [3.8, 4) is 10.6 Å². The van der Waals surface area contributed by atoms with Crippen LogP contribution in [0.1, 0.15) is 10.7 Å². The number of alkyl carbamates (subject to hydrolysis) is 1. The number of nitrogens with one attached hydrogen (secondary N) is 2. The van der Waals surface area contributed by atoms with Crippen LogP contribution < -0.4 is 10.6 Å². The number of ether oxygens (including phenoxy) is 1. The minimum Gasteiger partial charge on any atom is -0.448 e. The van der Waals surface area contributed by atoms with E-state index in [1.165, 1.54) is 7.05 Å². The van der Waals surface area contributed by atoms with E-state index in [1.807, 2.05) is 26.0 Å². The van der Waals surface area contributed by atoms with Crippen LogP contribution in [-0.2, 0) is 4.74 Å².